The number of benzene rings is 3. The molecule has 0 aliphatic rings. The Morgan fingerprint density at radius 2 is 1.76 bits per heavy atom. The Bertz CT molecular complexity index is 1410. The summed E-state index contributed by atoms with van der Waals surface area (Å²) >= 11 is 8.73. The van der Waals surface area contributed by atoms with E-state index < -0.39 is 15.9 Å². The van der Waals surface area contributed by atoms with E-state index in [0.29, 0.717) is 22.7 Å². The molecule has 3 aromatic rings. The number of ether oxygens (including phenoxy) is 1. The number of amides is 1. The van der Waals surface area contributed by atoms with Crippen LogP contribution < -0.4 is 20.1 Å². The zero-order chi connectivity index (χ0) is 27.9. The van der Waals surface area contributed by atoms with Crippen molar-refractivity contribution in [2.24, 2.45) is 0 Å². The summed E-state index contributed by atoms with van der Waals surface area (Å²) < 4.78 is 35.1. The fourth-order valence-electron chi connectivity index (χ4n) is 3.73. The highest BCUT2D eigenvalue weighted by molar-refractivity contribution is 9.10. The molecule has 7 nitrogen and oxygen atoms in total. The van der Waals surface area contributed by atoms with Gasteiger partial charge in [-0.25, -0.2) is 8.42 Å². The minimum atomic E-state index is -3.77. The first-order valence-corrected chi connectivity index (χ1v) is 15.0. The molecule has 0 heterocycles. The van der Waals surface area contributed by atoms with E-state index in [1.165, 1.54) is 12.1 Å². The number of sulfonamides is 1. The van der Waals surface area contributed by atoms with Crippen LogP contribution in [0.4, 0.5) is 11.4 Å². The maximum atomic E-state index is 13.0. The molecule has 1 amide bonds. The van der Waals surface area contributed by atoms with E-state index in [-0.39, 0.29) is 16.1 Å². The maximum absolute atomic E-state index is 13.0. The van der Waals surface area contributed by atoms with Gasteiger partial charge in [-0.3, -0.25) is 14.8 Å². The molecule has 0 aliphatic carbocycles. The lowest BCUT2D eigenvalue weighted by molar-refractivity contribution is 0.0970. The third-order valence-corrected chi connectivity index (χ3v) is 7.83. The summed E-state index contributed by atoms with van der Waals surface area (Å²) in [4.78, 5) is 13.1. The molecule has 0 radical (unpaired) electrons. The Morgan fingerprint density at radius 3 is 2.42 bits per heavy atom. The predicted octanol–water partition coefficient (Wildman–Crippen LogP) is 6.95. The average Bonchev–Trinajstić information content (AvgIpc) is 2.85. The minimum absolute atomic E-state index is 0.0352. The van der Waals surface area contributed by atoms with Crippen LogP contribution in [0.25, 0.3) is 0 Å². The van der Waals surface area contributed by atoms with Crippen LogP contribution in [0.15, 0.2) is 70.0 Å². The second kappa shape index (κ2) is 13.2. The Morgan fingerprint density at radius 1 is 1.05 bits per heavy atom. The van der Waals surface area contributed by atoms with E-state index in [9.17, 15) is 13.2 Å². The van der Waals surface area contributed by atoms with Crippen molar-refractivity contribution in [2.75, 3.05) is 10.0 Å². The monoisotopic (exact) mass is 617 g/mol. The highest BCUT2D eigenvalue weighted by atomic mass is 79.9. The summed E-state index contributed by atoms with van der Waals surface area (Å²) in [6.07, 6.45) is 2.96. The van der Waals surface area contributed by atoms with Crippen molar-refractivity contribution >= 4 is 60.6 Å². The second-order valence-corrected chi connectivity index (χ2v) is 12.1. The van der Waals surface area contributed by atoms with E-state index in [0.717, 1.165) is 34.9 Å². The lowest BCUT2D eigenvalue weighted by Gasteiger charge is -2.18. The Kier molecular flexibility index (Phi) is 10.3. The van der Waals surface area contributed by atoms with Crippen molar-refractivity contribution in [1.29, 1.82) is 0 Å². The van der Waals surface area contributed by atoms with Crippen LogP contribution in [0.2, 0.25) is 0 Å². The van der Waals surface area contributed by atoms with E-state index in [2.05, 4.69) is 38.2 Å². The lowest BCUT2D eigenvalue weighted by Crippen LogP contribution is -2.34. The zero-order valence-corrected chi connectivity index (χ0v) is 25.0. The fraction of sp³-hybridized carbons (Fsp3) is 0.286. The molecule has 0 saturated carbocycles. The van der Waals surface area contributed by atoms with E-state index in [1.54, 1.807) is 30.3 Å². The van der Waals surface area contributed by atoms with E-state index in [1.807, 2.05) is 39.0 Å². The number of rotatable bonds is 10. The van der Waals surface area contributed by atoms with Crippen molar-refractivity contribution in [1.82, 2.24) is 5.32 Å². The summed E-state index contributed by atoms with van der Waals surface area (Å²) in [6, 6.07) is 16.9. The SMILES string of the molecule is CCCCC(C)Oc1ccc(Br)cc1C(=O)NC(=S)Nc1ccc(S(=O)(=O)Nc2ccc(C)cc2C)cc1. The van der Waals surface area contributed by atoms with Crippen molar-refractivity contribution in [3.8, 4) is 5.75 Å². The van der Waals surface area contributed by atoms with Crippen LogP contribution >= 0.6 is 28.1 Å². The molecular weight excluding hydrogens is 586 g/mol. The van der Waals surface area contributed by atoms with Crippen LogP contribution in [0, 0.1) is 13.8 Å². The lowest BCUT2D eigenvalue weighted by atomic mass is 10.1. The zero-order valence-electron chi connectivity index (χ0n) is 21.8. The molecule has 202 valence electrons. The number of anilines is 2. The quantitative estimate of drug-likeness (QED) is 0.213. The molecule has 3 N–H and O–H groups in total. The van der Waals surface area contributed by atoms with Crippen LogP contribution in [0.1, 0.15) is 54.6 Å². The van der Waals surface area contributed by atoms with Crippen molar-refractivity contribution in [3.63, 3.8) is 0 Å². The van der Waals surface area contributed by atoms with Gasteiger partial charge in [-0.05, 0) is 93.5 Å². The van der Waals surface area contributed by atoms with Crippen LogP contribution in [0.5, 0.6) is 5.75 Å². The molecule has 38 heavy (non-hydrogen) atoms. The van der Waals surface area contributed by atoms with Gasteiger partial charge < -0.3 is 10.1 Å². The number of unbranched alkanes of at least 4 members (excludes halogenated alkanes) is 1. The molecule has 3 aromatic carbocycles. The van der Waals surface area contributed by atoms with Gasteiger partial charge in [0.25, 0.3) is 15.9 Å². The second-order valence-electron chi connectivity index (χ2n) is 9.07. The number of hydrogen-bond donors (Lipinski definition) is 3. The van der Waals surface area contributed by atoms with Gasteiger partial charge in [0.15, 0.2) is 5.11 Å². The van der Waals surface area contributed by atoms with Crippen molar-refractivity contribution in [3.05, 3.63) is 81.8 Å². The molecule has 1 unspecified atom stereocenters. The summed E-state index contributed by atoms with van der Waals surface area (Å²) in [5, 5.41) is 5.66. The molecule has 3 rings (SSSR count). The Balaban J connectivity index is 1.65. The summed E-state index contributed by atoms with van der Waals surface area (Å²) in [6.45, 7) is 7.90. The van der Waals surface area contributed by atoms with Gasteiger partial charge in [0.05, 0.1) is 22.3 Å². The number of thiocarbonyl (C=S) groups is 1. The van der Waals surface area contributed by atoms with Gasteiger partial charge in [-0.2, -0.15) is 0 Å². The van der Waals surface area contributed by atoms with Gasteiger partial charge in [0.2, 0.25) is 0 Å². The molecule has 0 aromatic heterocycles. The number of carbonyl (C=O) groups is 1. The smallest absolute Gasteiger partial charge is 0.261 e. The maximum Gasteiger partial charge on any atom is 0.261 e. The van der Waals surface area contributed by atoms with E-state index in [4.69, 9.17) is 17.0 Å². The largest absolute Gasteiger partial charge is 0.490 e. The van der Waals surface area contributed by atoms with Gasteiger partial charge in [0, 0.05) is 10.2 Å². The molecule has 10 heteroatoms. The number of nitrogens with one attached hydrogen (secondary N) is 3. The van der Waals surface area contributed by atoms with Crippen LogP contribution in [0.3, 0.4) is 0 Å². The third-order valence-electron chi connectivity index (χ3n) is 5.75. The van der Waals surface area contributed by atoms with Gasteiger partial charge >= 0.3 is 0 Å². The molecule has 0 saturated heterocycles. The fourth-order valence-corrected chi connectivity index (χ4v) is 5.43. The first-order valence-electron chi connectivity index (χ1n) is 12.3. The number of carbonyl (C=O) groups excluding carboxylic acids is 1. The third kappa shape index (κ3) is 8.28. The summed E-state index contributed by atoms with van der Waals surface area (Å²) in [7, 11) is -3.77. The summed E-state index contributed by atoms with van der Waals surface area (Å²) in [5.41, 5.74) is 3.29. The highest BCUT2D eigenvalue weighted by Gasteiger charge is 2.18. The van der Waals surface area contributed by atoms with Crippen LogP contribution in [-0.2, 0) is 10.0 Å². The Hall–Kier alpha value is -2.95. The van der Waals surface area contributed by atoms with Gasteiger partial charge in [-0.1, -0.05) is 53.4 Å². The van der Waals surface area contributed by atoms with E-state index >= 15 is 0 Å². The van der Waals surface area contributed by atoms with Crippen LogP contribution in [-0.4, -0.2) is 25.5 Å². The topological polar surface area (TPSA) is 96.5 Å². The normalized spacial score (nSPS) is 11.9. The molecule has 0 aliphatic heterocycles. The molecule has 1 atom stereocenters. The van der Waals surface area contributed by atoms with Crippen molar-refractivity contribution in [2.45, 2.75) is 58.0 Å². The Labute approximate surface area is 238 Å². The summed E-state index contributed by atoms with van der Waals surface area (Å²) in [5.74, 6) is 0.0568. The number of aryl methyl sites for hydroxylation is 2. The van der Waals surface area contributed by atoms with Gasteiger partial charge in [0.1, 0.15) is 5.75 Å². The molecule has 0 bridgehead atoms. The standard InChI is InChI=1S/C28H32BrN3O4S2/c1-5-6-7-20(4)36-26-15-9-21(29)17-24(26)27(33)31-28(37)30-22-10-12-23(13-11-22)38(34,35)32-25-14-8-18(2)16-19(25)3/h8-17,20,32H,5-7H2,1-4H3,(H2,30,31,33,37). The van der Waals surface area contributed by atoms with Gasteiger partial charge in [-0.15, -0.1) is 0 Å². The highest BCUT2D eigenvalue weighted by Crippen LogP contribution is 2.26. The predicted molar refractivity (Wildman–Crippen MR) is 161 cm³/mol. The van der Waals surface area contributed by atoms with Crippen molar-refractivity contribution < 1.29 is 17.9 Å². The molecular formula is C28H32BrN3O4S2. The first kappa shape index (κ1) is 29.6. The average molecular weight is 619 g/mol. The minimum Gasteiger partial charge on any atom is -0.490 e. The number of halogens is 1. The molecule has 0 fully saturated rings. The number of hydrogen-bond acceptors (Lipinski definition) is 5. The molecule has 0 spiro atoms. The first-order chi connectivity index (χ1) is 18.0.